The van der Waals surface area contributed by atoms with Crippen LogP contribution in [0.25, 0.3) is 0 Å². The number of rotatable bonds is 5. The fourth-order valence-electron chi connectivity index (χ4n) is 3.68. The van der Waals surface area contributed by atoms with E-state index in [-0.39, 0.29) is 10.5 Å². The number of aliphatic hydroxyl groups excluding tert-OH is 1. The molecular weight excluding hydrogens is 521 g/mol. The Morgan fingerprint density at radius 2 is 1.85 bits per heavy atom. The van der Waals surface area contributed by atoms with Crippen LogP contribution in [0.2, 0.25) is 5.02 Å². The first-order valence-corrected chi connectivity index (χ1v) is 12.9. The number of β-amino-alcohol motifs (C(OH)–C–C–N with tert-alkyl or cyclic N) is 1. The first-order valence-electron chi connectivity index (χ1n) is 9.53. The number of sulfonamides is 1. The molecule has 2 aromatic rings. The second kappa shape index (κ2) is 8.78. The highest BCUT2D eigenvalue weighted by atomic mass is 35.5. The van der Waals surface area contributed by atoms with Gasteiger partial charge in [-0.05, 0) is 48.9 Å². The molecule has 0 bridgehead atoms. The molecule has 184 valence electrons. The van der Waals surface area contributed by atoms with Crippen molar-refractivity contribution in [3.05, 3.63) is 58.1 Å². The summed E-state index contributed by atoms with van der Waals surface area (Å²) in [6, 6.07) is 7.04. The molecule has 14 heteroatoms. The van der Waals surface area contributed by atoms with Gasteiger partial charge in [0.1, 0.15) is 15.7 Å². The molecule has 1 aliphatic rings. The van der Waals surface area contributed by atoms with Gasteiger partial charge in [0.25, 0.3) is 0 Å². The first-order chi connectivity index (χ1) is 15.6. The molecule has 0 saturated carbocycles. The molecule has 1 aliphatic heterocycles. The van der Waals surface area contributed by atoms with Gasteiger partial charge < -0.3 is 10.2 Å². The summed E-state index contributed by atoms with van der Waals surface area (Å²) in [7, 11) is -9.08. The number of alkyl halides is 3. The van der Waals surface area contributed by atoms with E-state index >= 15 is 0 Å². The number of hydrogen-bond acceptors (Lipinski definition) is 7. The lowest BCUT2D eigenvalue weighted by Crippen LogP contribution is -2.49. The van der Waals surface area contributed by atoms with Crippen LogP contribution in [0.1, 0.15) is 16.7 Å². The number of benzene rings is 2. The molecule has 0 aromatic heterocycles. The highest BCUT2D eigenvalue weighted by Crippen LogP contribution is 2.38. The van der Waals surface area contributed by atoms with E-state index in [1.165, 1.54) is 19.1 Å². The molecule has 34 heavy (non-hydrogen) atoms. The average Bonchev–Trinajstić information content (AvgIpc) is 3.12. The summed E-state index contributed by atoms with van der Waals surface area (Å²) in [4.78, 5) is -1.01. The van der Waals surface area contributed by atoms with Crippen LogP contribution < -0.4 is 0 Å². The number of hydrogen-bond donors (Lipinski definition) is 2. The summed E-state index contributed by atoms with van der Waals surface area (Å²) in [6.45, 7) is -1.26. The number of aliphatic hydroxyl groups is 2. The predicted octanol–water partition coefficient (Wildman–Crippen LogP) is 2.11. The maximum absolute atomic E-state index is 13.3. The summed E-state index contributed by atoms with van der Waals surface area (Å²) in [5.41, 5.74) is -3.05. The minimum atomic E-state index is -4.77. The van der Waals surface area contributed by atoms with Crippen molar-refractivity contribution in [2.24, 2.45) is 0 Å². The Balaban J connectivity index is 2.03. The SMILES string of the molecule is Cc1cc(S(=O)(=O)C2CN(S(=O)(=O)c3ccc(C(F)(F)F)cc3Cl)C[C@@]2(O)CO)ccc1C#N. The Morgan fingerprint density at radius 3 is 2.35 bits per heavy atom. The van der Waals surface area contributed by atoms with Crippen molar-refractivity contribution in [2.75, 3.05) is 19.7 Å². The van der Waals surface area contributed by atoms with Gasteiger partial charge >= 0.3 is 6.18 Å². The number of nitriles is 1. The van der Waals surface area contributed by atoms with Gasteiger partial charge in [-0.2, -0.15) is 22.7 Å². The van der Waals surface area contributed by atoms with Gasteiger partial charge in [0.05, 0.1) is 33.7 Å². The van der Waals surface area contributed by atoms with E-state index in [1.54, 1.807) is 0 Å². The van der Waals surface area contributed by atoms with Gasteiger partial charge in [0.15, 0.2) is 9.84 Å². The highest BCUT2D eigenvalue weighted by Gasteiger charge is 2.55. The number of aryl methyl sites for hydroxylation is 1. The van der Waals surface area contributed by atoms with Gasteiger partial charge in [0, 0.05) is 13.1 Å². The topological polar surface area (TPSA) is 136 Å². The van der Waals surface area contributed by atoms with Crippen molar-refractivity contribution in [3.8, 4) is 6.07 Å². The van der Waals surface area contributed by atoms with Gasteiger partial charge in [-0.15, -0.1) is 0 Å². The number of halogens is 4. The Kier molecular flexibility index (Phi) is 6.82. The Hall–Kier alpha value is -2.21. The molecule has 0 spiro atoms. The third-order valence-electron chi connectivity index (χ3n) is 5.59. The monoisotopic (exact) mass is 538 g/mol. The summed E-state index contributed by atoms with van der Waals surface area (Å²) < 4.78 is 92.0. The van der Waals surface area contributed by atoms with E-state index in [4.69, 9.17) is 16.9 Å². The minimum absolute atomic E-state index is 0.212. The van der Waals surface area contributed by atoms with Gasteiger partial charge in [-0.25, -0.2) is 16.8 Å². The van der Waals surface area contributed by atoms with Gasteiger partial charge in [0.2, 0.25) is 10.0 Å². The van der Waals surface area contributed by atoms with Crippen LogP contribution in [-0.4, -0.2) is 61.9 Å². The fourth-order valence-corrected chi connectivity index (χ4v) is 7.84. The fraction of sp³-hybridized carbons (Fsp3) is 0.350. The van der Waals surface area contributed by atoms with Crippen molar-refractivity contribution in [1.29, 1.82) is 5.26 Å². The van der Waals surface area contributed by atoms with E-state index in [0.29, 0.717) is 28.1 Å². The minimum Gasteiger partial charge on any atom is -0.393 e. The third kappa shape index (κ3) is 4.53. The molecule has 0 amide bonds. The molecule has 0 radical (unpaired) electrons. The molecule has 2 atom stereocenters. The van der Waals surface area contributed by atoms with E-state index in [0.717, 1.165) is 6.07 Å². The lowest BCUT2D eigenvalue weighted by Gasteiger charge is -2.26. The standard InChI is InChI=1S/C20H18ClF3N2O6S2/c1-12-6-15(4-2-13(12)8-25)33(29,30)18-9-26(10-19(18,28)11-27)34(31,32)17-5-3-14(7-16(17)21)20(22,23)24/h2-7,18,27-28H,9-11H2,1H3/t18?,19-/m1/s1. The Morgan fingerprint density at radius 1 is 1.21 bits per heavy atom. The first kappa shape index (κ1) is 26.4. The quantitative estimate of drug-likeness (QED) is 0.595. The molecular formula is C20H18ClF3N2O6S2. The maximum atomic E-state index is 13.3. The van der Waals surface area contributed by atoms with E-state index in [1.807, 2.05) is 6.07 Å². The number of nitrogens with zero attached hydrogens (tertiary/aromatic N) is 2. The summed E-state index contributed by atoms with van der Waals surface area (Å²) >= 11 is 5.81. The smallest absolute Gasteiger partial charge is 0.393 e. The van der Waals surface area contributed by atoms with Crippen LogP contribution >= 0.6 is 11.6 Å². The molecule has 1 heterocycles. The second-order valence-electron chi connectivity index (χ2n) is 7.82. The third-order valence-corrected chi connectivity index (χ3v) is 10.1. The van der Waals surface area contributed by atoms with Crippen molar-refractivity contribution < 1.29 is 40.2 Å². The van der Waals surface area contributed by atoms with E-state index < -0.39 is 72.1 Å². The van der Waals surface area contributed by atoms with Crippen molar-refractivity contribution in [1.82, 2.24) is 4.31 Å². The van der Waals surface area contributed by atoms with Crippen molar-refractivity contribution >= 4 is 31.5 Å². The van der Waals surface area contributed by atoms with Crippen molar-refractivity contribution in [3.63, 3.8) is 0 Å². The molecule has 2 N–H and O–H groups in total. The van der Waals surface area contributed by atoms with Gasteiger partial charge in [-0.3, -0.25) is 0 Å². The lowest BCUT2D eigenvalue weighted by molar-refractivity contribution is -0.137. The maximum Gasteiger partial charge on any atom is 0.416 e. The predicted molar refractivity (Wildman–Crippen MR) is 114 cm³/mol. The largest absolute Gasteiger partial charge is 0.416 e. The zero-order valence-corrected chi connectivity index (χ0v) is 19.8. The van der Waals surface area contributed by atoms with E-state index in [9.17, 15) is 40.2 Å². The van der Waals surface area contributed by atoms with E-state index in [2.05, 4.69) is 0 Å². The summed E-state index contributed by atoms with van der Waals surface area (Å²) in [5, 5.41) is 27.1. The molecule has 1 saturated heterocycles. The van der Waals surface area contributed by atoms with Crippen LogP contribution in [-0.2, 0) is 26.0 Å². The van der Waals surface area contributed by atoms with Crippen LogP contribution in [0.5, 0.6) is 0 Å². The van der Waals surface area contributed by atoms with Crippen LogP contribution in [0.3, 0.4) is 0 Å². The summed E-state index contributed by atoms with van der Waals surface area (Å²) in [6.07, 6.45) is -4.77. The summed E-state index contributed by atoms with van der Waals surface area (Å²) in [5.74, 6) is 0. The average molecular weight is 539 g/mol. The highest BCUT2D eigenvalue weighted by molar-refractivity contribution is 7.92. The molecule has 1 fully saturated rings. The molecule has 8 nitrogen and oxygen atoms in total. The second-order valence-corrected chi connectivity index (χ2v) is 12.3. The molecule has 2 aromatic carbocycles. The van der Waals surface area contributed by atoms with Crippen LogP contribution in [0.4, 0.5) is 13.2 Å². The Bertz CT molecular complexity index is 1390. The number of sulfone groups is 1. The zero-order valence-electron chi connectivity index (χ0n) is 17.4. The molecule has 3 rings (SSSR count). The lowest BCUT2D eigenvalue weighted by atomic mass is 10.1. The normalized spacial score (nSPS) is 22.0. The molecule has 1 unspecified atom stereocenters. The van der Waals surface area contributed by atoms with Crippen LogP contribution in [0.15, 0.2) is 46.2 Å². The zero-order chi connectivity index (χ0) is 25.7. The molecule has 0 aliphatic carbocycles. The Labute approximate surface area is 198 Å². The van der Waals surface area contributed by atoms with Gasteiger partial charge in [-0.1, -0.05) is 11.6 Å². The van der Waals surface area contributed by atoms with Crippen LogP contribution in [0, 0.1) is 18.3 Å². The van der Waals surface area contributed by atoms with Crippen molar-refractivity contribution in [2.45, 2.75) is 33.7 Å².